The Bertz CT molecular complexity index is 1380. The normalized spacial score (nSPS) is 13.2. The highest BCUT2D eigenvalue weighted by Crippen LogP contribution is 2.29. The highest BCUT2D eigenvalue weighted by atomic mass is 16.5. The fourth-order valence-electron chi connectivity index (χ4n) is 3.92. The van der Waals surface area contributed by atoms with Crippen LogP contribution in [0, 0.1) is 0 Å². The second-order valence-corrected chi connectivity index (χ2v) is 8.61. The number of aromatic nitrogens is 1. The van der Waals surface area contributed by atoms with Crippen LogP contribution in [0.4, 0.5) is 6.01 Å². The van der Waals surface area contributed by atoms with E-state index in [9.17, 15) is 19.5 Å². The summed E-state index contributed by atoms with van der Waals surface area (Å²) in [5.74, 6) is -1.41. The number of carboxylic acids is 1. The van der Waals surface area contributed by atoms with E-state index < -0.39 is 23.9 Å². The van der Waals surface area contributed by atoms with E-state index >= 15 is 0 Å². The van der Waals surface area contributed by atoms with Crippen LogP contribution >= 0.6 is 0 Å². The number of fused-ring (bicyclic) bond motifs is 2. The Balaban J connectivity index is 0.000000179. The average Bonchev–Trinajstić information content (AvgIpc) is 3.46. The van der Waals surface area contributed by atoms with E-state index in [0.717, 1.165) is 30.0 Å². The summed E-state index contributed by atoms with van der Waals surface area (Å²) < 4.78 is 10.9. The number of benzene rings is 3. The Morgan fingerprint density at radius 1 is 1.00 bits per heavy atom. The molecule has 1 aliphatic heterocycles. The summed E-state index contributed by atoms with van der Waals surface area (Å²) in [6, 6.07) is 21.3. The maximum Gasteiger partial charge on any atom is 0.312 e. The van der Waals surface area contributed by atoms with Gasteiger partial charge in [-0.1, -0.05) is 50.2 Å². The van der Waals surface area contributed by atoms with Crippen LogP contribution in [-0.2, 0) is 11.3 Å². The number of carbonyl (C=O) groups excluding carboxylic acids is 3. The van der Waals surface area contributed by atoms with E-state index in [1.54, 1.807) is 55.5 Å². The topological polar surface area (TPSA) is 125 Å². The smallest absolute Gasteiger partial charge is 0.312 e. The van der Waals surface area contributed by atoms with Gasteiger partial charge in [0, 0.05) is 6.54 Å². The van der Waals surface area contributed by atoms with Crippen LogP contribution < -0.4 is 20.1 Å². The molecule has 196 valence electrons. The van der Waals surface area contributed by atoms with E-state index in [2.05, 4.69) is 17.2 Å². The lowest BCUT2D eigenvalue weighted by Gasteiger charge is -2.18. The van der Waals surface area contributed by atoms with Crippen LogP contribution in [0.25, 0.3) is 11.1 Å². The molecule has 2 amide bonds. The number of nitrogens with zero attached hydrogens (tertiary/aromatic N) is 2. The van der Waals surface area contributed by atoms with E-state index in [1.807, 2.05) is 24.3 Å². The Morgan fingerprint density at radius 2 is 1.68 bits per heavy atom. The number of imide groups is 1. The van der Waals surface area contributed by atoms with Crippen molar-refractivity contribution in [1.29, 1.82) is 0 Å². The summed E-state index contributed by atoms with van der Waals surface area (Å²) in [6.45, 7) is 5.58. The Labute approximate surface area is 220 Å². The minimum Gasteiger partial charge on any atom is -0.546 e. The van der Waals surface area contributed by atoms with Gasteiger partial charge in [0.1, 0.15) is 17.4 Å². The van der Waals surface area contributed by atoms with E-state index in [1.165, 1.54) is 0 Å². The molecule has 0 aliphatic carbocycles. The summed E-state index contributed by atoms with van der Waals surface area (Å²) in [7, 11) is 0. The third kappa shape index (κ3) is 5.90. The lowest BCUT2D eigenvalue weighted by molar-refractivity contribution is -0.313. The van der Waals surface area contributed by atoms with Gasteiger partial charge in [0.25, 0.3) is 11.8 Å². The Kier molecular flexibility index (Phi) is 8.50. The molecule has 0 saturated heterocycles. The van der Waals surface area contributed by atoms with Crippen molar-refractivity contribution in [1.82, 2.24) is 10.3 Å². The largest absolute Gasteiger partial charge is 0.546 e. The van der Waals surface area contributed by atoms with Gasteiger partial charge in [-0.15, -0.1) is 0 Å². The summed E-state index contributed by atoms with van der Waals surface area (Å²) in [5, 5.41) is 14.1. The molecule has 0 radical (unpaired) electrons. The molecule has 9 heteroatoms. The maximum absolute atomic E-state index is 12.3. The van der Waals surface area contributed by atoms with E-state index in [-0.39, 0.29) is 6.01 Å². The molecule has 0 spiro atoms. The molecule has 0 saturated carbocycles. The zero-order chi connectivity index (χ0) is 27.1. The molecule has 1 unspecified atom stereocenters. The van der Waals surface area contributed by atoms with Gasteiger partial charge in [-0.05, 0) is 61.3 Å². The lowest BCUT2D eigenvalue weighted by Crippen LogP contribution is -2.39. The number of hydrogen-bond donors (Lipinski definition) is 1. The fraction of sp³-hybridized carbons (Fsp3) is 0.241. The van der Waals surface area contributed by atoms with Crippen LogP contribution in [0.5, 0.6) is 5.75 Å². The zero-order valence-corrected chi connectivity index (χ0v) is 21.2. The fourth-order valence-corrected chi connectivity index (χ4v) is 3.92. The van der Waals surface area contributed by atoms with Crippen LogP contribution in [-0.4, -0.2) is 35.4 Å². The third-order valence-corrected chi connectivity index (χ3v) is 5.83. The van der Waals surface area contributed by atoms with Gasteiger partial charge < -0.3 is 24.4 Å². The molecule has 9 nitrogen and oxygen atoms in total. The Morgan fingerprint density at radius 3 is 2.32 bits per heavy atom. The van der Waals surface area contributed by atoms with Crippen LogP contribution in [0.15, 0.2) is 77.2 Å². The molecule has 1 atom stereocenters. The first-order chi connectivity index (χ1) is 18.4. The van der Waals surface area contributed by atoms with Crippen molar-refractivity contribution in [2.24, 2.45) is 0 Å². The second-order valence-electron chi connectivity index (χ2n) is 8.61. The highest BCUT2D eigenvalue weighted by molar-refractivity contribution is 6.33. The molecular weight excluding hydrogens is 486 g/mol. The zero-order valence-electron chi connectivity index (χ0n) is 21.2. The molecule has 0 fully saturated rings. The van der Waals surface area contributed by atoms with Gasteiger partial charge in [-0.25, -0.2) is 0 Å². The van der Waals surface area contributed by atoms with Gasteiger partial charge >= 0.3 is 6.01 Å². The van der Waals surface area contributed by atoms with Gasteiger partial charge in [-0.3, -0.25) is 9.59 Å². The number of carbonyl (C=O) groups is 3. The molecule has 5 rings (SSSR count). The first kappa shape index (κ1) is 26.6. The van der Waals surface area contributed by atoms with Crippen molar-refractivity contribution in [3.63, 3.8) is 0 Å². The minimum atomic E-state index is -1.17. The predicted octanol–water partition coefficient (Wildman–Crippen LogP) is 3.72. The number of oxazole rings is 1. The van der Waals surface area contributed by atoms with Gasteiger partial charge in [0.05, 0.1) is 17.1 Å². The van der Waals surface area contributed by atoms with Crippen LogP contribution in [0.3, 0.4) is 0 Å². The molecule has 38 heavy (non-hydrogen) atoms. The van der Waals surface area contributed by atoms with Crippen LogP contribution in [0.1, 0.15) is 53.0 Å². The van der Waals surface area contributed by atoms with E-state index in [0.29, 0.717) is 34.4 Å². The minimum absolute atomic E-state index is 0.0115. The number of carboxylic acid groups (broad SMARTS) is 1. The summed E-state index contributed by atoms with van der Waals surface area (Å²) in [6.07, 6.45) is 0.586. The van der Waals surface area contributed by atoms with E-state index in [4.69, 9.17) is 9.15 Å². The van der Waals surface area contributed by atoms with Gasteiger partial charge in [0.15, 0.2) is 5.58 Å². The first-order valence-corrected chi connectivity index (χ1v) is 12.4. The third-order valence-electron chi connectivity index (χ3n) is 5.83. The SMILES string of the molecule is CCCNCc1cccc(OC(CC)C(=O)[O-])c1.O=C1c2ccccc2C(=O)N1c1nc2ccccc2o1. The number of anilines is 1. The second kappa shape index (κ2) is 12.2. The van der Waals surface area contributed by atoms with Gasteiger partial charge in [0.2, 0.25) is 0 Å². The standard InChI is InChI=1S/C15H8N2O3.C14H21NO3/c18-13-9-5-1-2-6-10(9)14(19)17(13)15-16-11-7-3-4-8-12(11)20-15;1-3-8-15-10-11-6-5-7-12(9-11)18-13(4-2)14(16)17/h1-8H;5-7,9,13,15H,3-4,8,10H2,1-2H3,(H,16,17)/p-1. The summed E-state index contributed by atoms with van der Waals surface area (Å²) in [5.41, 5.74) is 2.98. The van der Waals surface area contributed by atoms with Crippen molar-refractivity contribution >= 4 is 34.9 Å². The monoisotopic (exact) mass is 514 g/mol. The molecule has 4 aromatic rings. The molecular formula is C29H28N3O6-. The van der Waals surface area contributed by atoms with Crippen LogP contribution in [0.2, 0.25) is 0 Å². The quantitative estimate of drug-likeness (QED) is 0.265. The van der Waals surface area contributed by atoms with Crippen molar-refractivity contribution in [3.05, 3.63) is 89.5 Å². The van der Waals surface area contributed by atoms with Crippen molar-refractivity contribution in [3.8, 4) is 5.75 Å². The van der Waals surface area contributed by atoms with Crippen molar-refractivity contribution in [2.45, 2.75) is 39.3 Å². The lowest BCUT2D eigenvalue weighted by atomic mass is 10.1. The average molecular weight is 515 g/mol. The van der Waals surface area contributed by atoms with Gasteiger partial charge in [-0.2, -0.15) is 9.88 Å². The number of ether oxygens (including phenoxy) is 1. The number of hydrogen-bond acceptors (Lipinski definition) is 8. The highest BCUT2D eigenvalue weighted by Gasteiger charge is 2.39. The number of rotatable bonds is 9. The first-order valence-electron chi connectivity index (χ1n) is 12.4. The Hall–Kier alpha value is -4.50. The van der Waals surface area contributed by atoms with Crippen molar-refractivity contribution in [2.75, 3.05) is 11.4 Å². The number of amides is 2. The number of aliphatic carboxylic acids is 1. The molecule has 2 heterocycles. The molecule has 1 aliphatic rings. The summed E-state index contributed by atoms with van der Waals surface area (Å²) in [4.78, 5) is 40.5. The van der Waals surface area contributed by atoms with Crippen molar-refractivity contribution < 1.29 is 28.6 Å². The molecule has 3 aromatic carbocycles. The molecule has 0 bridgehead atoms. The number of para-hydroxylation sites is 2. The predicted molar refractivity (Wildman–Crippen MR) is 140 cm³/mol. The maximum atomic E-state index is 12.3. The molecule has 1 N–H and O–H groups in total. The summed E-state index contributed by atoms with van der Waals surface area (Å²) >= 11 is 0. The number of nitrogens with one attached hydrogen (secondary N) is 1. The molecule has 1 aromatic heterocycles.